The van der Waals surface area contributed by atoms with Gasteiger partial charge >= 0.3 is 35.3 Å². The number of phosphoric acid groups is 3. The van der Waals surface area contributed by atoms with E-state index < -0.39 is 60.3 Å². The van der Waals surface area contributed by atoms with Crippen LogP contribution in [0, 0.1) is 11.8 Å². The van der Waals surface area contributed by atoms with Crippen molar-refractivity contribution in [2.24, 2.45) is 5.73 Å². The lowest BCUT2D eigenvalue weighted by Crippen LogP contribution is -2.30. The Morgan fingerprint density at radius 3 is 2.51 bits per heavy atom. The lowest BCUT2D eigenvalue weighted by atomic mass is 10.2. The molecule has 0 saturated carbocycles. The van der Waals surface area contributed by atoms with Gasteiger partial charge in [-0.15, -0.1) is 0 Å². The number of phosphoric ester groups is 1. The number of ketones is 1. The molecule has 1 aliphatic heterocycles. The molecule has 0 aliphatic carbocycles. The second-order valence-corrected chi connectivity index (χ2v) is 16.2. The molecule has 1 fully saturated rings. The van der Waals surface area contributed by atoms with E-state index in [1.54, 1.807) is 10.8 Å². The van der Waals surface area contributed by atoms with Gasteiger partial charge in [0.1, 0.15) is 30.5 Å². The minimum atomic E-state index is -5.77. The molecule has 21 nitrogen and oxygen atoms in total. The molecule has 0 radical (unpaired) electrons. The molecule has 1 saturated heterocycles. The molecule has 3 unspecified atom stereocenters. The van der Waals surface area contributed by atoms with Crippen molar-refractivity contribution in [1.29, 1.82) is 0 Å². The van der Waals surface area contributed by atoms with Gasteiger partial charge in [-0.3, -0.25) is 13.9 Å². The Hall–Kier alpha value is -1.83. The summed E-state index contributed by atoms with van der Waals surface area (Å²) in [6, 6.07) is 0. The number of aromatic nitrogens is 2. The number of hydrogen-bond acceptors (Lipinski definition) is 17. The number of anilines is 1. The third-order valence-corrected chi connectivity index (χ3v) is 11.5. The number of nitrogens with one attached hydrogen (secondary N) is 1. The van der Waals surface area contributed by atoms with Gasteiger partial charge in [0.25, 0.3) is 0 Å². The lowest BCUT2D eigenvalue weighted by Gasteiger charge is -2.21. The third kappa shape index (κ3) is 16.4. The van der Waals surface area contributed by atoms with Gasteiger partial charge in [-0.05, 0) is 6.92 Å². The number of nitrogens with two attached hydrogens (primary N) is 2. The number of ether oxygens (including phenoxy) is 3. The monoisotopic (exact) mass is 769 g/mol. The minimum absolute atomic E-state index is 0.0126. The molecule has 1 aliphatic rings. The van der Waals surface area contributed by atoms with Crippen LogP contribution in [0.4, 0.5) is 10.6 Å². The van der Waals surface area contributed by atoms with E-state index in [9.17, 15) is 37.9 Å². The zero-order chi connectivity index (χ0) is 35.3. The highest BCUT2D eigenvalue weighted by molar-refractivity contribution is 8.76. The summed E-state index contributed by atoms with van der Waals surface area (Å²) in [6.07, 6.45) is -2.99. The number of nitrogen functional groups attached to an aromatic ring is 1. The van der Waals surface area contributed by atoms with Crippen molar-refractivity contribution in [2.45, 2.75) is 38.2 Å². The fourth-order valence-electron chi connectivity index (χ4n) is 3.45. The second kappa shape index (κ2) is 19.4. The van der Waals surface area contributed by atoms with E-state index in [1.165, 1.54) is 23.9 Å². The van der Waals surface area contributed by atoms with Crippen LogP contribution in [-0.2, 0) is 45.8 Å². The van der Waals surface area contributed by atoms with Crippen LogP contribution in [0.3, 0.4) is 0 Å². The SMILES string of the molecule is CC(=O)CCOC1C[C@H](n2cc(C#CCNC(=O)OCCSSCCN)c(N)nc2=O)O[C@@H]1COP(=O)(O)OP(=O)(O)OP(=O)(O)O. The maximum absolute atomic E-state index is 12.7. The zero-order valence-corrected chi connectivity index (χ0v) is 28.9. The first-order valence-corrected chi connectivity index (χ1v) is 20.2. The maximum Gasteiger partial charge on any atom is 0.490 e. The van der Waals surface area contributed by atoms with Crippen LogP contribution < -0.4 is 22.5 Å². The average molecular weight is 770 g/mol. The number of carbonyl (C=O) groups is 2. The zero-order valence-electron chi connectivity index (χ0n) is 24.6. The van der Waals surface area contributed by atoms with Gasteiger partial charge in [-0.25, -0.2) is 23.3 Å². The second-order valence-electron chi connectivity index (χ2n) is 9.07. The first-order chi connectivity index (χ1) is 21.9. The number of nitrogens with zero attached hydrogens (tertiary/aromatic N) is 2. The Morgan fingerprint density at radius 1 is 1.15 bits per heavy atom. The molecule has 26 heteroatoms. The third-order valence-electron chi connectivity index (χ3n) is 5.30. The topological polar surface area (TPSA) is 321 Å². The fourth-order valence-corrected chi connectivity index (χ4v) is 8.16. The van der Waals surface area contributed by atoms with Gasteiger partial charge < -0.3 is 50.6 Å². The molecule has 1 aromatic rings. The normalized spacial score (nSPS) is 20.4. The first-order valence-electron chi connectivity index (χ1n) is 13.2. The number of carbonyl (C=O) groups excluding carboxylic acids is 2. The highest BCUT2D eigenvalue weighted by Gasteiger charge is 2.43. The molecule has 2 rings (SSSR count). The minimum Gasteiger partial charge on any atom is -0.449 e. The van der Waals surface area contributed by atoms with Crippen LogP contribution in [-0.4, -0.2) is 97.6 Å². The standard InChI is InChI=1S/C21H34N5O16P3S2/c1-14(27)4-7-37-16-11-18(40-17(16)13-39-44(33,34)42-45(35,36)41-43(30,31)32)26-12-15(19(23)25-20(26)28)3-2-6-24-21(29)38-8-10-47-46-9-5-22/h12,16-18H,4-11,13,22H2,1H3,(H,24,29)(H,33,34)(H,35,36)(H2,23,25,28)(H2,30,31,32)/t16?,17-,18-/m1/s1. The Balaban J connectivity index is 2.10. The van der Waals surface area contributed by atoms with E-state index in [2.05, 4.69) is 35.3 Å². The predicted molar refractivity (Wildman–Crippen MR) is 166 cm³/mol. The van der Waals surface area contributed by atoms with Crippen LogP contribution >= 0.6 is 45.1 Å². The Bertz CT molecular complexity index is 1500. The van der Waals surface area contributed by atoms with E-state index in [4.69, 9.17) is 35.5 Å². The number of hydrogen-bond donors (Lipinski definition) is 7. The van der Waals surface area contributed by atoms with Crippen LogP contribution in [0.5, 0.6) is 0 Å². The molecule has 0 spiro atoms. The molecule has 47 heavy (non-hydrogen) atoms. The highest BCUT2D eigenvalue weighted by Crippen LogP contribution is 2.66. The van der Waals surface area contributed by atoms with Crippen molar-refractivity contribution in [3.63, 3.8) is 0 Å². The fraction of sp³-hybridized carbons (Fsp3) is 0.619. The Labute approximate surface area is 275 Å². The van der Waals surface area contributed by atoms with E-state index in [0.717, 1.165) is 10.3 Å². The Kier molecular flexibility index (Phi) is 17.0. The van der Waals surface area contributed by atoms with Crippen molar-refractivity contribution in [2.75, 3.05) is 50.1 Å². The summed E-state index contributed by atoms with van der Waals surface area (Å²) in [5.74, 6) is 6.20. The first kappa shape index (κ1) is 41.3. The summed E-state index contributed by atoms with van der Waals surface area (Å²) in [5.41, 5.74) is 10.4. The number of amides is 1. The Morgan fingerprint density at radius 2 is 1.85 bits per heavy atom. The molecule has 0 bridgehead atoms. The number of rotatable bonds is 19. The van der Waals surface area contributed by atoms with Crippen LogP contribution in [0.15, 0.2) is 11.0 Å². The van der Waals surface area contributed by atoms with Gasteiger partial charge in [0, 0.05) is 37.1 Å². The highest BCUT2D eigenvalue weighted by atomic mass is 33.1. The van der Waals surface area contributed by atoms with E-state index in [0.29, 0.717) is 12.3 Å². The maximum atomic E-state index is 12.7. The molecular weight excluding hydrogens is 735 g/mol. The van der Waals surface area contributed by atoms with Crippen molar-refractivity contribution in [3.8, 4) is 11.8 Å². The van der Waals surface area contributed by atoms with Crippen molar-refractivity contribution in [1.82, 2.24) is 14.9 Å². The summed E-state index contributed by atoms with van der Waals surface area (Å²) >= 11 is 0. The van der Waals surface area contributed by atoms with Gasteiger partial charge in [0.2, 0.25) is 0 Å². The van der Waals surface area contributed by atoms with Crippen molar-refractivity contribution < 1.29 is 70.2 Å². The summed E-state index contributed by atoms with van der Waals surface area (Å²) in [4.78, 5) is 76.1. The largest absolute Gasteiger partial charge is 0.490 e. The van der Waals surface area contributed by atoms with E-state index in [-0.39, 0.29) is 49.8 Å². The van der Waals surface area contributed by atoms with Crippen molar-refractivity contribution >= 4 is 62.8 Å². The summed E-state index contributed by atoms with van der Waals surface area (Å²) in [5, 5.41) is 2.43. The van der Waals surface area contributed by atoms with Gasteiger partial charge in [-0.1, -0.05) is 33.4 Å². The van der Waals surface area contributed by atoms with Crippen molar-refractivity contribution in [3.05, 3.63) is 22.2 Å². The lowest BCUT2D eigenvalue weighted by molar-refractivity contribution is -0.119. The molecule has 266 valence electrons. The summed E-state index contributed by atoms with van der Waals surface area (Å²) in [7, 11) is -13.8. The number of Topliss-reactive ketones (excluding diaryl/α,β-unsaturated/α-hetero) is 1. The van der Waals surface area contributed by atoms with Crippen LogP contribution in [0.2, 0.25) is 0 Å². The molecular formula is C21H34N5O16P3S2. The molecule has 2 heterocycles. The quantitative estimate of drug-likeness (QED) is 0.0429. The van der Waals surface area contributed by atoms with Crippen LogP contribution in [0.1, 0.15) is 31.6 Å². The smallest absolute Gasteiger partial charge is 0.449 e. The summed E-state index contributed by atoms with van der Waals surface area (Å²) < 4.78 is 64.1. The molecule has 1 amide bonds. The predicted octanol–water partition coefficient (Wildman–Crippen LogP) is 0.238. The van der Waals surface area contributed by atoms with Gasteiger partial charge in [0.05, 0.1) is 31.4 Å². The van der Waals surface area contributed by atoms with E-state index >= 15 is 0 Å². The van der Waals surface area contributed by atoms with Gasteiger partial charge in [-0.2, -0.15) is 13.6 Å². The summed E-state index contributed by atoms with van der Waals surface area (Å²) in [6.45, 7) is 0.904. The van der Waals surface area contributed by atoms with E-state index in [1.807, 2.05) is 0 Å². The number of alkyl carbamates (subject to hydrolysis) is 1. The average Bonchev–Trinajstić information content (AvgIpc) is 3.33. The molecule has 1 aromatic heterocycles. The van der Waals surface area contributed by atoms with Gasteiger partial charge in [0.15, 0.2) is 0 Å². The van der Waals surface area contributed by atoms with Crippen LogP contribution in [0.25, 0.3) is 0 Å². The molecule has 9 N–H and O–H groups in total. The molecule has 5 atom stereocenters. The molecule has 0 aromatic carbocycles.